The minimum absolute atomic E-state index is 0.0309. The fourth-order valence-electron chi connectivity index (χ4n) is 5.85. The number of halogens is 1. The summed E-state index contributed by atoms with van der Waals surface area (Å²) in [7, 11) is -0.700. The predicted molar refractivity (Wildman–Crippen MR) is 187 cm³/mol. The van der Waals surface area contributed by atoms with Crippen LogP contribution in [0.2, 0.25) is 18.1 Å². The molecule has 0 spiro atoms. The van der Waals surface area contributed by atoms with Crippen molar-refractivity contribution >= 4 is 26.0 Å². The van der Waals surface area contributed by atoms with Crippen molar-refractivity contribution in [2.45, 2.75) is 161 Å². The maximum Gasteiger partial charge on any atom is 0.308 e. The largest absolute Gasteiger partial charge is 0.457 e. The number of aliphatic hydroxyl groups is 1. The molecular weight excluding hydrogens is 635 g/mol. The number of rotatable bonds is 12. The zero-order valence-corrected chi connectivity index (χ0v) is 32.4. The third kappa shape index (κ3) is 11.4. The lowest BCUT2D eigenvalue weighted by molar-refractivity contribution is -0.157. The molecule has 1 N–H and O–H groups in total. The Bertz CT molecular complexity index is 1210. The molecule has 2 aliphatic heterocycles. The van der Waals surface area contributed by atoms with E-state index in [0.29, 0.717) is 12.0 Å². The molecule has 0 amide bonds. The topological polar surface area (TPSA) is 121 Å². The number of carbonyl (C=O) groups is 3. The number of methoxy groups -OCH3 is 1. The van der Waals surface area contributed by atoms with Crippen LogP contribution in [-0.4, -0.2) is 86.1 Å². The van der Waals surface area contributed by atoms with E-state index < -0.39 is 73.7 Å². The van der Waals surface area contributed by atoms with Crippen LogP contribution in [0.1, 0.15) is 94.9 Å². The number of cyclic esters (lactones) is 1. The molecule has 2 heterocycles. The maximum atomic E-state index is 15.6. The number of hydrogen-bond acceptors (Lipinski definition) is 9. The van der Waals surface area contributed by atoms with E-state index in [0.717, 1.165) is 6.42 Å². The number of carbonyl (C=O) groups excluding carboxylic acids is 3. The molecule has 0 aromatic heterocycles. The lowest BCUT2D eigenvalue weighted by Crippen LogP contribution is -2.46. The Hall–Kier alpha value is -2.18. The molecule has 2 unspecified atom stereocenters. The van der Waals surface area contributed by atoms with Crippen molar-refractivity contribution in [2.75, 3.05) is 7.11 Å². The number of Topliss-reactive ketones (excluding diaryl/α,β-unsaturated/α-hetero) is 1. The molecule has 9 nitrogen and oxygen atoms in total. The van der Waals surface area contributed by atoms with E-state index in [9.17, 15) is 19.5 Å². The van der Waals surface area contributed by atoms with E-state index in [4.69, 9.17) is 23.4 Å². The molecule has 0 aromatic rings. The minimum atomic E-state index is -2.31. The van der Waals surface area contributed by atoms with Gasteiger partial charge in [0, 0.05) is 25.9 Å². The monoisotopic (exact) mass is 696 g/mol. The van der Waals surface area contributed by atoms with E-state index in [-0.39, 0.29) is 29.9 Å². The summed E-state index contributed by atoms with van der Waals surface area (Å²) in [5.74, 6) is -2.13. The summed E-state index contributed by atoms with van der Waals surface area (Å²) < 4.78 is 44.9. The molecule has 1 fully saturated rings. The molecule has 274 valence electrons. The molecule has 48 heavy (non-hydrogen) atoms. The molecule has 1 saturated heterocycles. The summed E-state index contributed by atoms with van der Waals surface area (Å²) in [5, 5.41) is 11.3. The molecule has 0 saturated carbocycles. The standard InChI is InChI=1S/C37H61FO9Si/c1-14-28(43-11)25(4)32-33(46-32)34(41)36(9,38)20-15-16-23(2)31-24(3)17-18-29(44-26(5)39)37(10,42)21-19-27(22-30(40)45-31)47-48(12,13)35(6,7)8/h15-18,20,24-25,27-29,31-33,42H,14,19,21-22H2,1-13H3/t24-,25+,27+,28-,29-,31+,32?,33-,36?,37+/m0/s1. The van der Waals surface area contributed by atoms with Crippen LogP contribution in [0.4, 0.5) is 4.39 Å². The Balaban J connectivity index is 2.37. The molecule has 2 rings (SSSR count). The first-order valence-corrected chi connectivity index (χ1v) is 20.1. The van der Waals surface area contributed by atoms with Crippen LogP contribution in [0, 0.1) is 11.8 Å². The van der Waals surface area contributed by atoms with Gasteiger partial charge in [0.15, 0.2) is 14.0 Å². The van der Waals surface area contributed by atoms with Gasteiger partial charge in [-0.3, -0.25) is 14.4 Å². The highest BCUT2D eigenvalue weighted by atomic mass is 28.4. The maximum absolute atomic E-state index is 15.6. The first-order chi connectivity index (χ1) is 22.0. The van der Waals surface area contributed by atoms with Gasteiger partial charge >= 0.3 is 11.9 Å². The zero-order valence-electron chi connectivity index (χ0n) is 31.4. The average Bonchev–Trinajstić information content (AvgIpc) is 3.76. The van der Waals surface area contributed by atoms with Gasteiger partial charge < -0.3 is 28.5 Å². The lowest BCUT2D eigenvalue weighted by atomic mass is 9.88. The van der Waals surface area contributed by atoms with Crippen LogP contribution in [0.3, 0.4) is 0 Å². The lowest BCUT2D eigenvalue weighted by Gasteiger charge is -2.40. The Labute approximate surface area is 288 Å². The van der Waals surface area contributed by atoms with Gasteiger partial charge in [0.2, 0.25) is 5.78 Å². The van der Waals surface area contributed by atoms with E-state index >= 15 is 4.39 Å². The Morgan fingerprint density at radius 3 is 2.35 bits per heavy atom. The van der Waals surface area contributed by atoms with Crippen molar-refractivity contribution in [2.24, 2.45) is 11.8 Å². The van der Waals surface area contributed by atoms with Crippen molar-refractivity contribution in [3.8, 4) is 0 Å². The van der Waals surface area contributed by atoms with Gasteiger partial charge in [-0.25, -0.2) is 4.39 Å². The minimum Gasteiger partial charge on any atom is -0.457 e. The number of esters is 2. The highest BCUT2D eigenvalue weighted by Crippen LogP contribution is 2.39. The molecule has 0 radical (unpaired) electrons. The number of allylic oxidation sites excluding steroid dienone is 3. The third-order valence-electron chi connectivity index (χ3n) is 10.2. The van der Waals surface area contributed by atoms with Gasteiger partial charge in [-0.05, 0) is 75.9 Å². The summed E-state index contributed by atoms with van der Waals surface area (Å²) >= 11 is 0. The second kappa shape index (κ2) is 16.7. The van der Waals surface area contributed by atoms with Crippen molar-refractivity contribution < 1.29 is 47.3 Å². The van der Waals surface area contributed by atoms with E-state index in [2.05, 4.69) is 33.9 Å². The van der Waals surface area contributed by atoms with Crippen molar-refractivity contribution in [3.63, 3.8) is 0 Å². The van der Waals surface area contributed by atoms with Crippen molar-refractivity contribution in [1.82, 2.24) is 0 Å². The van der Waals surface area contributed by atoms with Gasteiger partial charge in [-0.1, -0.05) is 59.8 Å². The molecule has 10 atom stereocenters. The second-order valence-corrected chi connectivity index (χ2v) is 20.3. The van der Waals surface area contributed by atoms with Gasteiger partial charge in [0.25, 0.3) is 0 Å². The SMILES string of the molecule is CC[C@H](OC)[C@@H](C)C1O[C@@H]1C(=O)C(C)(F)C=CC=C(C)[C@H]1OC(=O)C[C@H](O[Si](C)(C)C(C)(C)C)CC[C@@](C)(O)[C@@H](OC(C)=O)C=C[C@@H]1C. The summed E-state index contributed by atoms with van der Waals surface area (Å²) in [6, 6.07) is 0. The summed E-state index contributed by atoms with van der Waals surface area (Å²) in [4.78, 5) is 38.5. The highest BCUT2D eigenvalue weighted by molar-refractivity contribution is 6.74. The fraction of sp³-hybridized carbons (Fsp3) is 0.757. The normalized spacial score (nSPS) is 32.0. The first kappa shape index (κ1) is 42.0. The van der Waals surface area contributed by atoms with Crippen LogP contribution >= 0.6 is 0 Å². The first-order valence-electron chi connectivity index (χ1n) is 17.2. The van der Waals surface area contributed by atoms with Crippen LogP contribution in [0.15, 0.2) is 36.0 Å². The summed E-state index contributed by atoms with van der Waals surface area (Å²) in [6.07, 6.45) is 5.34. The highest BCUT2D eigenvalue weighted by Gasteiger charge is 2.54. The van der Waals surface area contributed by atoms with Crippen LogP contribution < -0.4 is 0 Å². The fourth-order valence-corrected chi connectivity index (χ4v) is 7.23. The number of hydrogen-bond donors (Lipinski definition) is 1. The Morgan fingerprint density at radius 1 is 1.19 bits per heavy atom. The van der Waals surface area contributed by atoms with E-state index in [1.807, 2.05) is 20.8 Å². The summed E-state index contributed by atoms with van der Waals surface area (Å²) in [6.45, 7) is 22.2. The average molecular weight is 697 g/mol. The third-order valence-corrected chi connectivity index (χ3v) is 14.7. The predicted octanol–water partition coefficient (Wildman–Crippen LogP) is 6.98. The van der Waals surface area contributed by atoms with Crippen molar-refractivity contribution in [1.29, 1.82) is 0 Å². The van der Waals surface area contributed by atoms with Gasteiger partial charge in [-0.2, -0.15) is 0 Å². The van der Waals surface area contributed by atoms with E-state index in [1.54, 1.807) is 39.2 Å². The summed E-state index contributed by atoms with van der Waals surface area (Å²) in [5.41, 5.74) is -3.10. The second-order valence-electron chi connectivity index (χ2n) is 15.6. The van der Waals surface area contributed by atoms with Gasteiger partial charge in [0.05, 0.1) is 24.7 Å². The van der Waals surface area contributed by atoms with E-state index in [1.165, 1.54) is 26.0 Å². The van der Waals surface area contributed by atoms with Crippen molar-refractivity contribution in [3.05, 3.63) is 36.0 Å². The Morgan fingerprint density at radius 2 is 1.81 bits per heavy atom. The van der Waals surface area contributed by atoms with Gasteiger partial charge in [0.1, 0.15) is 23.9 Å². The number of epoxide rings is 1. The van der Waals surface area contributed by atoms with Crippen LogP contribution in [-0.2, 0) is 37.8 Å². The number of ketones is 1. The van der Waals surface area contributed by atoms with Crippen LogP contribution in [0.5, 0.6) is 0 Å². The van der Waals surface area contributed by atoms with Gasteiger partial charge in [-0.15, -0.1) is 0 Å². The molecule has 0 aromatic carbocycles. The molecule has 0 aliphatic carbocycles. The molecule has 11 heteroatoms. The number of alkyl halides is 1. The number of ether oxygens (including phenoxy) is 4. The Kier molecular flexibility index (Phi) is 14.6. The molecule has 0 bridgehead atoms. The molecule has 2 aliphatic rings. The molecular formula is C37H61FO9Si. The zero-order chi connectivity index (χ0) is 36.8. The quantitative estimate of drug-likeness (QED) is 0.0758. The van der Waals surface area contributed by atoms with Crippen LogP contribution in [0.25, 0.3) is 0 Å². The smallest absolute Gasteiger partial charge is 0.308 e.